The van der Waals surface area contributed by atoms with E-state index in [9.17, 15) is 0 Å². The molecule has 1 rings (SSSR count). The number of benzene rings is 1. The number of thioether (sulfide) groups is 1. The molecule has 0 aliphatic heterocycles. The van der Waals surface area contributed by atoms with Crippen molar-refractivity contribution >= 4 is 11.8 Å². The largest absolute Gasteiger partial charge is 0.197 e. The van der Waals surface area contributed by atoms with Gasteiger partial charge in [0.2, 0.25) is 0 Å². The Balaban J connectivity index is 2.21. The molecule has 0 aromatic heterocycles. The summed E-state index contributed by atoms with van der Waals surface area (Å²) >= 11 is 1.69. The molecular weight excluding hydrogens is 166 g/mol. The minimum absolute atomic E-state index is 0.604. The van der Waals surface area contributed by atoms with Crippen LogP contribution in [0.25, 0.3) is 0 Å². The van der Waals surface area contributed by atoms with E-state index < -0.39 is 0 Å². The molecule has 0 amide bonds. The van der Waals surface area contributed by atoms with Crippen LogP contribution in [0.3, 0.4) is 0 Å². The highest BCUT2D eigenvalue weighted by atomic mass is 32.2. The second-order valence-electron chi connectivity index (χ2n) is 2.45. The van der Waals surface area contributed by atoms with Crippen LogP contribution in [0.4, 0.5) is 0 Å². The third kappa shape index (κ3) is 3.45. The van der Waals surface area contributed by atoms with Crippen molar-refractivity contribution < 1.29 is 0 Å². The summed E-state index contributed by atoms with van der Waals surface area (Å²) in [5, 5.41) is 8.29. The molecule has 62 valence electrons. The van der Waals surface area contributed by atoms with Gasteiger partial charge in [-0.2, -0.15) is 5.26 Å². The van der Waals surface area contributed by atoms with Gasteiger partial charge in [0.25, 0.3) is 0 Å². The fourth-order valence-corrected chi connectivity index (χ4v) is 1.57. The average Bonchev–Trinajstić information content (AvgIpc) is 2.14. The molecule has 0 atom stereocenters. The van der Waals surface area contributed by atoms with Crippen molar-refractivity contribution in [2.45, 2.75) is 6.42 Å². The fourth-order valence-electron chi connectivity index (χ4n) is 0.953. The average molecular weight is 177 g/mol. The highest BCUT2D eigenvalue weighted by Gasteiger charge is 1.90. The highest BCUT2D eigenvalue weighted by molar-refractivity contribution is 7.99. The minimum Gasteiger partial charge on any atom is -0.197 e. The van der Waals surface area contributed by atoms with E-state index in [2.05, 4.69) is 18.2 Å². The third-order valence-electron chi connectivity index (χ3n) is 1.54. The maximum absolute atomic E-state index is 8.29. The summed E-state index contributed by atoms with van der Waals surface area (Å²) in [6.07, 6.45) is 1.06. The molecule has 0 fully saturated rings. The van der Waals surface area contributed by atoms with Crippen molar-refractivity contribution in [2.75, 3.05) is 11.5 Å². The fraction of sp³-hybridized carbons (Fsp3) is 0.300. The second-order valence-corrected chi connectivity index (χ2v) is 3.55. The first-order valence-corrected chi connectivity index (χ1v) is 5.07. The van der Waals surface area contributed by atoms with Gasteiger partial charge in [0.15, 0.2) is 0 Å². The van der Waals surface area contributed by atoms with E-state index in [-0.39, 0.29) is 0 Å². The zero-order valence-corrected chi connectivity index (χ0v) is 7.68. The molecule has 0 unspecified atom stereocenters. The molecule has 0 aliphatic carbocycles. The quantitative estimate of drug-likeness (QED) is 0.660. The van der Waals surface area contributed by atoms with E-state index >= 15 is 0 Å². The van der Waals surface area contributed by atoms with Gasteiger partial charge in [-0.3, -0.25) is 0 Å². The lowest BCUT2D eigenvalue weighted by atomic mass is 10.2. The summed E-state index contributed by atoms with van der Waals surface area (Å²) in [5.41, 5.74) is 1.35. The third-order valence-corrected chi connectivity index (χ3v) is 2.37. The highest BCUT2D eigenvalue weighted by Crippen LogP contribution is 2.05. The maximum atomic E-state index is 8.29. The number of nitrogens with zero attached hydrogens (tertiary/aromatic N) is 1. The van der Waals surface area contributed by atoms with Gasteiger partial charge >= 0.3 is 0 Å². The topological polar surface area (TPSA) is 23.8 Å². The van der Waals surface area contributed by atoms with Gasteiger partial charge in [0.1, 0.15) is 0 Å². The smallest absolute Gasteiger partial charge is 0.0808 e. The van der Waals surface area contributed by atoms with Crippen molar-refractivity contribution in [1.29, 1.82) is 5.26 Å². The van der Waals surface area contributed by atoms with Crippen LogP contribution in [0, 0.1) is 11.3 Å². The van der Waals surface area contributed by atoms with Crippen molar-refractivity contribution in [3.63, 3.8) is 0 Å². The SMILES string of the molecule is N#CCSCCc1ccccc1. The van der Waals surface area contributed by atoms with Crippen LogP contribution < -0.4 is 0 Å². The molecule has 1 nitrogen and oxygen atoms in total. The molecule has 1 aromatic carbocycles. The van der Waals surface area contributed by atoms with Crippen molar-refractivity contribution in [3.05, 3.63) is 35.9 Å². The lowest BCUT2D eigenvalue weighted by Gasteiger charge is -1.97. The first-order chi connectivity index (χ1) is 5.93. The summed E-state index contributed by atoms with van der Waals surface area (Å²) in [5.74, 6) is 1.64. The lowest BCUT2D eigenvalue weighted by molar-refractivity contribution is 1.16. The number of nitriles is 1. The monoisotopic (exact) mass is 177 g/mol. The van der Waals surface area contributed by atoms with Gasteiger partial charge in [0.05, 0.1) is 11.8 Å². The van der Waals surface area contributed by atoms with E-state index in [1.165, 1.54) is 5.56 Å². The van der Waals surface area contributed by atoms with Gasteiger partial charge in [-0.15, -0.1) is 11.8 Å². The Kier molecular flexibility index (Phi) is 4.33. The normalized spacial score (nSPS) is 9.25. The number of aryl methyl sites for hydroxylation is 1. The van der Waals surface area contributed by atoms with Crippen LogP contribution in [0.1, 0.15) is 5.56 Å². The predicted molar refractivity (Wildman–Crippen MR) is 53.1 cm³/mol. The molecular formula is C10H11NS. The van der Waals surface area contributed by atoms with Crippen LogP contribution in [0.5, 0.6) is 0 Å². The van der Waals surface area contributed by atoms with Crippen LogP contribution in [-0.2, 0) is 6.42 Å². The Morgan fingerprint density at radius 2 is 2.00 bits per heavy atom. The zero-order valence-electron chi connectivity index (χ0n) is 6.86. The molecule has 0 saturated carbocycles. The molecule has 0 spiro atoms. The van der Waals surface area contributed by atoms with Crippen molar-refractivity contribution in [3.8, 4) is 6.07 Å². The Labute approximate surface area is 77.4 Å². The van der Waals surface area contributed by atoms with Crippen molar-refractivity contribution in [1.82, 2.24) is 0 Å². The first-order valence-electron chi connectivity index (χ1n) is 3.92. The molecule has 0 radical (unpaired) electrons. The Morgan fingerprint density at radius 3 is 2.67 bits per heavy atom. The van der Waals surface area contributed by atoms with E-state index in [4.69, 9.17) is 5.26 Å². The van der Waals surface area contributed by atoms with E-state index in [1.807, 2.05) is 18.2 Å². The maximum Gasteiger partial charge on any atom is 0.0808 e. The van der Waals surface area contributed by atoms with Gasteiger partial charge < -0.3 is 0 Å². The molecule has 0 heterocycles. The zero-order chi connectivity index (χ0) is 8.65. The second kappa shape index (κ2) is 5.68. The Morgan fingerprint density at radius 1 is 1.25 bits per heavy atom. The minimum atomic E-state index is 0.604. The summed E-state index contributed by atoms with van der Waals surface area (Å²) in [6, 6.07) is 12.5. The van der Waals surface area contributed by atoms with E-state index in [0.29, 0.717) is 5.75 Å². The van der Waals surface area contributed by atoms with Gasteiger partial charge in [0, 0.05) is 0 Å². The van der Waals surface area contributed by atoms with E-state index in [1.54, 1.807) is 11.8 Å². The molecule has 2 heteroatoms. The molecule has 0 bridgehead atoms. The molecule has 1 aromatic rings. The summed E-state index contributed by atoms with van der Waals surface area (Å²) in [7, 11) is 0. The molecule has 12 heavy (non-hydrogen) atoms. The van der Waals surface area contributed by atoms with Crippen LogP contribution in [0.2, 0.25) is 0 Å². The molecule has 0 saturated heterocycles. The Bertz CT molecular complexity index is 250. The summed E-state index contributed by atoms with van der Waals surface area (Å²) in [4.78, 5) is 0. The molecule has 0 aliphatic rings. The summed E-state index contributed by atoms with van der Waals surface area (Å²) in [6.45, 7) is 0. The van der Waals surface area contributed by atoms with Gasteiger partial charge in [-0.1, -0.05) is 30.3 Å². The van der Waals surface area contributed by atoms with Crippen LogP contribution in [0.15, 0.2) is 30.3 Å². The summed E-state index contributed by atoms with van der Waals surface area (Å²) < 4.78 is 0. The number of hydrogen-bond acceptors (Lipinski definition) is 2. The van der Waals surface area contributed by atoms with Crippen LogP contribution >= 0.6 is 11.8 Å². The van der Waals surface area contributed by atoms with Gasteiger partial charge in [-0.05, 0) is 17.7 Å². The number of rotatable bonds is 4. The number of hydrogen-bond donors (Lipinski definition) is 0. The first kappa shape index (κ1) is 9.15. The van der Waals surface area contributed by atoms with E-state index in [0.717, 1.165) is 12.2 Å². The van der Waals surface area contributed by atoms with Crippen LogP contribution in [-0.4, -0.2) is 11.5 Å². The Hall–Kier alpha value is -0.940. The van der Waals surface area contributed by atoms with Crippen molar-refractivity contribution in [2.24, 2.45) is 0 Å². The predicted octanol–water partition coefficient (Wildman–Crippen LogP) is 2.49. The van der Waals surface area contributed by atoms with Gasteiger partial charge in [-0.25, -0.2) is 0 Å². The standard InChI is InChI=1S/C10H11NS/c11-7-9-12-8-6-10-4-2-1-3-5-10/h1-5H,6,8-9H2. The lowest BCUT2D eigenvalue weighted by Crippen LogP contribution is -1.87. The molecule has 0 N–H and O–H groups in total.